The van der Waals surface area contributed by atoms with Crippen LogP contribution in [0.3, 0.4) is 0 Å². The minimum Gasteiger partial charge on any atom is -0.319 e. The summed E-state index contributed by atoms with van der Waals surface area (Å²) in [5.74, 6) is -0.491. The van der Waals surface area contributed by atoms with Crippen LogP contribution in [0.25, 0.3) is 16.9 Å². The minimum absolute atomic E-state index is 0.00769. The Labute approximate surface area is 200 Å². The normalized spacial score (nSPS) is 17.5. The number of urea groups is 1. The summed E-state index contributed by atoms with van der Waals surface area (Å²) in [6.07, 6.45) is 1.81. The lowest BCUT2D eigenvalue weighted by molar-refractivity contribution is -0.385. The van der Waals surface area contributed by atoms with Crippen molar-refractivity contribution in [3.8, 4) is 16.9 Å². The van der Waals surface area contributed by atoms with Gasteiger partial charge in [-0.3, -0.25) is 19.8 Å². The Hall–Kier alpha value is -4.79. The maximum Gasteiger partial charge on any atom is 0.325 e. The quantitative estimate of drug-likeness (QED) is 0.256. The predicted octanol–water partition coefficient (Wildman–Crippen LogP) is 4.41. The van der Waals surface area contributed by atoms with Crippen molar-refractivity contribution >= 4 is 17.6 Å². The molecular formula is C26H21N5O4. The van der Waals surface area contributed by atoms with Gasteiger partial charge in [0.25, 0.3) is 11.6 Å². The highest BCUT2D eigenvalue weighted by atomic mass is 16.6. The Balaban J connectivity index is 1.52. The first-order valence-corrected chi connectivity index (χ1v) is 11.0. The van der Waals surface area contributed by atoms with Gasteiger partial charge in [-0.1, -0.05) is 60.7 Å². The molecule has 1 fully saturated rings. The number of carbonyl (C=O) groups excluding carboxylic acids is 2. The third-order valence-electron chi connectivity index (χ3n) is 6.10. The zero-order chi connectivity index (χ0) is 24.6. The number of nitro benzene ring substituents is 1. The number of para-hydroxylation sites is 1. The van der Waals surface area contributed by atoms with E-state index in [0.717, 1.165) is 16.2 Å². The fourth-order valence-corrected chi connectivity index (χ4v) is 4.21. The summed E-state index contributed by atoms with van der Waals surface area (Å²) < 4.78 is 1.72. The third kappa shape index (κ3) is 3.93. The number of aromatic nitrogens is 2. The van der Waals surface area contributed by atoms with Crippen molar-refractivity contribution in [3.63, 3.8) is 0 Å². The number of hydrogen-bond acceptors (Lipinski definition) is 5. The van der Waals surface area contributed by atoms with E-state index in [0.29, 0.717) is 16.8 Å². The molecule has 0 aliphatic carbocycles. The van der Waals surface area contributed by atoms with E-state index in [-0.39, 0.29) is 12.2 Å². The molecule has 1 aliphatic rings. The molecule has 0 bridgehead atoms. The highest BCUT2D eigenvalue weighted by Crippen LogP contribution is 2.33. The first-order chi connectivity index (χ1) is 16.9. The SMILES string of the molecule is CC1(c2cccc([N+](=O)[O-])c2)NC(=O)N(Cc2cn(-c3ccccc3)nc2-c2ccccc2)C1=O. The molecule has 1 aromatic heterocycles. The van der Waals surface area contributed by atoms with Gasteiger partial charge in [0.05, 0.1) is 22.8 Å². The highest BCUT2D eigenvalue weighted by Gasteiger charge is 2.49. The topological polar surface area (TPSA) is 110 Å². The van der Waals surface area contributed by atoms with E-state index in [1.54, 1.807) is 23.9 Å². The van der Waals surface area contributed by atoms with Crippen LogP contribution in [0.15, 0.2) is 91.1 Å². The van der Waals surface area contributed by atoms with Gasteiger partial charge in [0.2, 0.25) is 0 Å². The average molecular weight is 467 g/mol. The van der Waals surface area contributed by atoms with Crippen LogP contribution in [0.2, 0.25) is 0 Å². The number of hydrogen-bond donors (Lipinski definition) is 1. The summed E-state index contributed by atoms with van der Waals surface area (Å²) >= 11 is 0. The molecule has 35 heavy (non-hydrogen) atoms. The summed E-state index contributed by atoms with van der Waals surface area (Å²) in [5, 5.41) is 18.7. The molecule has 9 heteroatoms. The molecule has 174 valence electrons. The lowest BCUT2D eigenvalue weighted by atomic mass is 9.91. The Bertz CT molecular complexity index is 1430. The van der Waals surface area contributed by atoms with Crippen LogP contribution < -0.4 is 5.32 Å². The number of benzene rings is 3. The molecule has 1 saturated heterocycles. The van der Waals surface area contributed by atoms with Crippen molar-refractivity contribution < 1.29 is 14.5 Å². The lowest BCUT2D eigenvalue weighted by Crippen LogP contribution is -2.40. The molecule has 0 radical (unpaired) electrons. The molecule has 1 aliphatic heterocycles. The van der Waals surface area contributed by atoms with Crippen LogP contribution in [0.1, 0.15) is 18.1 Å². The fraction of sp³-hybridized carbons (Fsp3) is 0.115. The van der Waals surface area contributed by atoms with Gasteiger partial charge >= 0.3 is 6.03 Å². The van der Waals surface area contributed by atoms with Gasteiger partial charge in [0, 0.05) is 29.5 Å². The summed E-state index contributed by atoms with van der Waals surface area (Å²) in [6.45, 7) is 1.55. The minimum atomic E-state index is -1.43. The largest absolute Gasteiger partial charge is 0.325 e. The first kappa shape index (κ1) is 22.0. The summed E-state index contributed by atoms with van der Waals surface area (Å²) in [6, 6.07) is 24.3. The van der Waals surface area contributed by atoms with Gasteiger partial charge < -0.3 is 5.32 Å². The average Bonchev–Trinajstić information content (AvgIpc) is 3.40. The van der Waals surface area contributed by atoms with E-state index in [4.69, 9.17) is 5.10 Å². The molecule has 9 nitrogen and oxygen atoms in total. The number of imide groups is 1. The van der Waals surface area contributed by atoms with Crippen LogP contribution in [0.4, 0.5) is 10.5 Å². The van der Waals surface area contributed by atoms with E-state index < -0.39 is 22.4 Å². The second-order valence-corrected chi connectivity index (χ2v) is 8.40. The smallest absolute Gasteiger partial charge is 0.319 e. The lowest BCUT2D eigenvalue weighted by Gasteiger charge is -2.22. The van der Waals surface area contributed by atoms with Gasteiger partial charge in [0.15, 0.2) is 0 Å². The third-order valence-corrected chi connectivity index (χ3v) is 6.10. The Morgan fingerprint density at radius 2 is 1.66 bits per heavy atom. The molecule has 0 saturated carbocycles. The van der Waals surface area contributed by atoms with E-state index in [1.807, 2.05) is 60.7 Å². The summed E-state index contributed by atoms with van der Waals surface area (Å²) in [7, 11) is 0. The number of amides is 3. The van der Waals surface area contributed by atoms with Gasteiger partial charge in [-0.15, -0.1) is 0 Å². The maximum absolute atomic E-state index is 13.5. The molecule has 1 atom stereocenters. The van der Waals surface area contributed by atoms with E-state index in [9.17, 15) is 19.7 Å². The fourth-order valence-electron chi connectivity index (χ4n) is 4.21. The summed E-state index contributed by atoms with van der Waals surface area (Å²) in [4.78, 5) is 38.3. The Kier molecular flexibility index (Phi) is 5.37. The number of carbonyl (C=O) groups is 2. The van der Waals surface area contributed by atoms with Gasteiger partial charge in [-0.25, -0.2) is 9.48 Å². The number of non-ortho nitro benzene ring substituents is 1. The molecule has 3 aromatic carbocycles. The molecule has 2 heterocycles. The van der Waals surface area contributed by atoms with Crippen molar-refractivity contribution in [2.24, 2.45) is 0 Å². The first-order valence-electron chi connectivity index (χ1n) is 11.0. The summed E-state index contributed by atoms with van der Waals surface area (Å²) in [5.41, 5.74) is 1.80. The van der Waals surface area contributed by atoms with Crippen molar-refractivity contribution in [1.82, 2.24) is 20.0 Å². The molecule has 1 unspecified atom stereocenters. The van der Waals surface area contributed by atoms with Crippen molar-refractivity contribution in [3.05, 3.63) is 112 Å². The van der Waals surface area contributed by atoms with Crippen molar-refractivity contribution in [2.75, 3.05) is 0 Å². The van der Waals surface area contributed by atoms with Crippen LogP contribution in [0.5, 0.6) is 0 Å². The van der Waals surface area contributed by atoms with Crippen molar-refractivity contribution in [2.45, 2.75) is 19.0 Å². The molecule has 4 aromatic rings. The van der Waals surface area contributed by atoms with Gasteiger partial charge in [0.1, 0.15) is 5.54 Å². The molecule has 1 N–H and O–H groups in total. The predicted molar refractivity (Wildman–Crippen MR) is 129 cm³/mol. The zero-order valence-corrected chi connectivity index (χ0v) is 18.8. The number of rotatable bonds is 6. The van der Waals surface area contributed by atoms with Gasteiger partial charge in [-0.05, 0) is 24.6 Å². The Morgan fingerprint density at radius 3 is 2.34 bits per heavy atom. The second kappa shape index (κ2) is 8.53. The highest BCUT2D eigenvalue weighted by molar-refractivity contribution is 6.07. The number of nitrogens with zero attached hydrogens (tertiary/aromatic N) is 4. The molecule has 5 rings (SSSR count). The molecule has 0 spiro atoms. The standard InChI is InChI=1S/C26H21N5O4/c1-26(20-11-8-14-22(15-20)31(34)35)24(32)29(25(33)27-26)16-19-17-30(21-12-6-3-7-13-21)28-23(19)18-9-4-2-5-10-18/h2-15,17H,16H2,1H3,(H,27,33). The molecule has 3 amide bonds. The number of nitro groups is 1. The van der Waals surface area contributed by atoms with E-state index in [1.165, 1.54) is 18.2 Å². The number of nitrogens with one attached hydrogen (secondary N) is 1. The van der Waals surface area contributed by atoms with E-state index in [2.05, 4.69) is 5.32 Å². The van der Waals surface area contributed by atoms with Crippen LogP contribution in [-0.2, 0) is 16.9 Å². The maximum atomic E-state index is 13.5. The molecular weight excluding hydrogens is 446 g/mol. The van der Waals surface area contributed by atoms with Crippen molar-refractivity contribution in [1.29, 1.82) is 0 Å². The monoisotopic (exact) mass is 467 g/mol. The van der Waals surface area contributed by atoms with E-state index >= 15 is 0 Å². The zero-order valence-electron chi connectivity index (χ0n) is 18.8. The van der Waals surface area contributed by atoms with Crippen LogP contribution in [-0.4, -0.2) is 31.5 Å². The van der Waals surface area contributed by atoms with Crippen LogP contribution >= 0.6 is 0 Å². The Morgan fingerprint density at radius 1 is 0.971 bits per heavy atom. The van der Waals surface area contributed by atoms with Gasteiger partial charge in [-0.2, -0.15) is 5.10 Å². The second-order valence-electron chi connectivity index (χ2n) is 8.40. The van der Waals surface area contributed by atoms with Crippen LogP contribution in [0, 0.1) is 10.1 Å².